The van der Waals surface area contributed by atoms with E-state index in [-0.39, 0.29) is 18.7 Å². The molecule has 2 heterocycles. The maximum Gasteiger partial charge on any atom is 0.343 e. The van der Waals surface area contributed by atoms with Crippen molar-refractivity contribution >= 4 is 11.9 Å². The molecule has 0 bridgehead atoms. The van der Waals surface area contributed by atoms with Gasteiger partial charge in [-0.15, -0.1) is 0 Å². The van der Waals surface area contributed by atoms with Crippen molar-refractivity contribution in [2.45, 2.75) is 19.0 Å². The van der Waals surface area contributed by atoms with Gasteiger partial charge in [0.05, 0.1) is 12.2 Å². The van der Waals surface area contributed by atoms with Crippen molar-refractivity contribution in [1.29, 1.82) is 0 Å². The smallest absolute Gasteiger partial charge is 0.343 e. The molecule has 25 heavy (non-hydrogen) atoms. The monoisotopic (exact) mass is 345 g/mol. The number of aliphatic carboxylic acids is 1. The van der Waals surface area contributed by atoms with Crippen LogP contribution in [0.3, 0.4) is 0 Å². The fourth-order valence-electron chi connectivity index (χ4n) is 2.80. The molecule has 130 valence electrons. The van der Waals surface area contributed by atoms with Gasteiger partial charge in [0.15, 0.2) is 5.69 Å². The second-order valence-electron chi connectivity index (χ2n) is 5.99. The second kappa shape index (κ2) is 6.12. The quantitative estimate of drug-likeness (QED) is 0.902. The van der Waals surface area contributed by atoms with Gasteiger partial charge in [-0.25, -0.2) is 13.9 Å². The molecule has 7 nitrogen and oxygen atoms in total. The summed E-state index contributed by atoms with van der Waals surface area (Å²) in [6, 6.07) is 10.2. The Morgan fingerprint density at radius 1 is 1.28 bits per heavy atom. The number of likely N-dealkylation sites (tertiary alicyclic amines) is 1. The van der Waals surface area contributed by atoms with E-state index in [1.165, 1.54) is 10.7 Å². The van der Waals surface area contributed by atoms with Gasteiger partial charge in [-0.3, -0.25) is 9.59 Å². The maximum absolute atomic E-state index is 14.2. The molecule has 0 aliphatic carbocycles. The van der Waals surface area contributed by atoms with E-state index in [0.29, 0.717) is 11.4 Å². The minimum atomic E-state index is -2.49. The van der Waals surface area contributed by atoms with Gasteiger partial charge in [-0.2, -0.15) is 5.10 Å². The van der Waals surface area contributed by atoms with Crippen LogP contribution in [-0.4, -0.2) is 50.4 Å². The highest BCUT2D eigenvalue weighted by molar-refractivity contribution is 5.93. The van der Waals surface area contributed by atoms with Crippen LogP contribution in [0.5, 0.6) is 0 Å². The molecule has 8 heteroatoms. The van der Waals surface area contributed by atoms with Gasteiger partial charge >= 0.3 is 5.97 Å². The van der Waals surface area contributed by atoms with Crippen molar-refractivity contribution < 1.29 is 19.1 Å². The van der Waals surface area contributed by atoms with E-state index < -0.39 is 29.5 Å². The van der Waals surface area contributed by atoms with E-state index in [0.717, 1.165) is 4.90 Å². The second-order valence-corrected chi connectivity index (χ2v) is 5.99. The Bertz CT molecular complexity index is 897. The Hall–Kier alpha value is -3.03. The Labute approximate surface area is 142 Å². The molecule has 1 N–H and O–H groups in total. The lowest BCUT2D eigenvalue weighted by atomic mass is 10.1. The lowest BCUT2D eigenvalue weighted by molar-refractivity contribution is -0.149. The van der Waals surface area contributed by atoms with Crippen LogP contribution in [0.15, 0.2) is 41.2 Å². The van der Waals surface area contributed by atoms with Gasteiger partial charge in [-0.05, 0) is 19.1 Å². The fourth-order valence-corrected chi connectivity index (χ4v) is 2.80. The third kappa shape index (κ3) is 3.02. The van der Waals surface area contributed by atoms with Crippen molar-refractivity contribution in [3.63, 3.8) is 0 Å². The van der Waals surface area contributed by atoms with Gasteiger partial charge < -0.3 is 10.0 Å². The third-order valence-corrected chi connectivity index (χ3v) is 4.20. The lowest BCUT2D eigenvalue weighted by Crippen LogP contribution is -2.40. The first-order valence-electron chi connectivity index (χ1n) is 7.70. The van der Waals surface area contributed by atoms with Gasteiger partial charge in [0.1, 0.15) is 0 Å². The highest BCUT2D eigenvalue weighted by atomic mass is 19.1. The molecule has 1 aliphatic heterocycles. The summed E-state index contributed by atoms with van der Waals surface area (Å²) in [4.78, 5) is 36.7. The lowest BCUT2D eigenvalue weighted by Gasteiger charge is -2.18. The van der Waals surface area contributed by atoms with Gasteiger partial charge in [0.2, 0.25) is 11.1 Å². The molecule has 0 saturated carbocycles. The van der Waals surface area contributed by atoms with Crippen LogP contribution in [0.2, 0.25) is 0 Å². The topological polar surface area (TPSA) is 92.5 Å². The number of aryl methyl sites for hydroxylation is 1. The molecular weight excluding hydrogens is 329 g/mol. The number of carbonyl (C=O) groups is 2. The number of carbonyl (C=O) groups excluding carboxylic acids is 1. The molecule has 1 saturated heterocycles. The number of amides is 1. The molecule has 2 aromatic rings. The average Bonchev–Trinajstić information content (AvgIpc) is 2.99. The van der Waals surface area contributed by atoms with Crippen LogP contribution >= 0.6 is 0 Å². The standard InChI is InChI=1S/C17H16FN3O4/c1-11-9-13(22)14(19-21(11)12-5-3-2-4-6-12)15(23)20-8-7-17(18,10-20)16(24)25/h2-6,9H,7-8,10H2,1H3,(H,24,25). The summed E-state index contributed by atoms with van der Waals surface area (Å²) < 4.78 is 15.6. The third-order valence-electron chi connectivity index (χ3n) is 4.20. The average molecular weight is 345 g/mol. The van der Waals surface area contributed by atoms with Crippen LogP contribution in [0.4, 0.5) is 4.39 Å². The highest BCUT2D eigenvalue weighted by Crippen LogP contribution is 2.26. The minimum absolute atomic E-state index is 0.0814. The SMILES string of the molecule is Cc1cc(=O)c(C(=O)N2CCC(F)(C(=O)O)C2)nn1-c1ccccc1. The van der Waals surface area contributed by atoms with Crippen LogP contribution < -0.4 is 5.43 Å². The van der Waals surface area contributed by atoms with E-state index in [1.807, 2.05) is 6.07 Å². The Morgan fingerprint density at radius 2 is 1.96 bits per heavy atom. The van der Waals surface area contributed by atoms with Crippen LogP contribution in [0.1, 0.15) is 22.6 Å². The molecule has 1 aromatic heterocycles. The summed E-state index contributed by atoms with van der Waals surface area (Å²) in [5.74, 6) is -2.38. The highest BCUT2D eigenvalue weighted by Gasteiger charge is 2.47. The molecule has 1 aromatic carbocycles. The number of carboxylic acids is 1. The molecule has 1 amide bonds. The molecule has 1 aliphatic rings. The number of benzene rings is 1. The van der Waals surface area contributed by atoms with Crippen LogP contribution in [0, 0.1) is 6.92 Å². The molecule has 0 radical (unpaired) electrons. The number of halogens is 1. The van der Waals surface area contributed by atoms with E-state index in [9.17, 15) is 18.8 Å². The minimum Gasteiger partial charge on any atom is -0.479 e. The molecule has 0 spiro atoms. The zero-order valence-corrected chi connectivity index (χ0v) is 13.5. The predicted molar refractivity (Wildman–Crippen MR) is 86.6 cm³/mol. The number of aromatic nitrogens is 2. The number of carboxylic acid groups (broad SMARTS) is 1. The largest absolute Gasteiger partial charge is 0.479 e. The predicted octanol–water partition coefficient (Wildman–Crippen LogP) is 1.18. The Morgan fingerprint density at radius 3 is 2.56 bits per heavy atom. The van der Waals surface area contributed by atoms with Crippen molar-refractivity contribution in [3.05, 3.63) is 58.0 Å². The molecule has 1 fully saturated rings. The zero-order chi connectivity index (χ0) is 18.2. The Kier molecular flexibility index (Phi) is 4.12. The van der Waals surface area contributed by atoms with Gasteiger partial charge in [0.25, 0.3) is 5.91 Å². The molecule has 1 atom stereocenters. The number of nitrogens with zero attached hydrogens (tertiary/aromatic N) is 3. The summed E-state index contributed by atoms with van der Waals surface area (Å²) in [6.07, 6.45) is -0.313. The normalized spacial score (nSPS) is 19.8. The number of rotatable bonds is 3. The first kappa shape index (κ1) is 16.8. The van der Waals surface area contributed by atoms with Crippen molar-refractivity contribution in [2.75, 3.05) is 13.1 Å². The van der Waals surface area contributed by atoms with E-state index in [2.05, 4.69) is 5.10 Å². The molecule has 3 rings (SSSR count). The van der Waals surface area contributed by atoms with Gasteiger partial charge in [0, 0.05) is 24.7 Å². The van der Waals surface area contributed by atoms with Crippen molar-refractivity contribution in [1.82, 2.24) is 14.7 Å². The number of para-hydroxylation sites is 1. The van der Waals surface area contributed by atoms with Crippen molar-refractivity contribution in [2.24, 2.45) is 0 Å². The van der Waals surface area contributed by atoms with Gasteiger partial charge in [-0.1, -0.05) is 18.2 Å². The van der Waals surface area contributed by atoms with Crippen LogP contribution in [0.25, 0.3) is 5.69 Å². The molecular formula is C17H16FN3O4. The van der Waals surface area contributed by atoms with E-state index >= 15 is 0 Å². The summed E-state index contributed by atoms with van der Waals surface area (Å²) in [7, 11) is 0. The number of hydrogen-bond acceptors (Lipinski definition) is 4. The maximum atomic E-state index is 14.2. The van der Waals surface area contributed by atoms with E-state index in [4.69, 9.17) is 5.11 Å². The summed E-state index contributed by atoms with van der Waals surface area (Å²) in [5, 5.41) is 13.1. The summed E-state index contributed by atoms with van der Waals surface area (Å²) >= 11 is 0. The first-order valence-corrected chi connectivity index (χ1v) is 7.70. The zero-order valence-electron chi connectivity index (χ0n) is 13.5. The Balaban J connectivity index is 1.97. The summed E-state index contributed by atoms with van der Waals surface area (Å²) in [5.41, 5.74) is -2.22. The number of hydrogen-bond donors (Lipinski definition) is 1. The summed E-state index contributed by atoms with van der Waals surface area (Å²) in [6.45, 7) is 1.01. The van der Waals surface area contributed by atoms with Crippen LogP contribution in [-0.2, 0) is 4.79 Å². The first-order chi connectivity index (χ1) is 11.8. The van der Waals surface area contributed by atoms with E-state index in [1.54, 1.807) is 31.2 Å². The van der Waals surface area contributed by atoms with Crippen molar-refractivity contribution in [3.8, 4) is 5.69 Å². The fraction of sp³-hybridized carbons (Fsp3) is 0.294. The number of alkyl halides is 1. The molecule has 1 unspecified atom stereocenters.